The van der Waals surface area contributed by atoms with Crippen LogP contribution in [0.1, 0.15) is 62.3 Å². The first-order valence-corrected chi connectivity index (χ1v) is 24.9. The van der Waals surface area contributed by atoms with Crippen molar-refractivity contribution in [1.29, 1.82) is 0 Å². The lowest BCUT2D eigenvalue weighted by Gasteiger charge is -2.50. The predicted octanol–water partition coefficient (Wildman–Crippen LogP) is 10.6. The third kappa shape index (κ3) is 11.5. The Bertz CT molecular complexity index is 2070. The second-order valence-electron chi connectivity index (χ2n) is 17.1. The van der Waals surface area contributed by atoms with Gasteiger partial charge in [-0.25, -0.2) is 9.97 Å². The largest absolute Gasteiger partial charge is 0.899 e. The molecular formula is C48H65AlN4O8Si. The molecule has 4 atom stereocenters. The maximum atomic E-state index is 7.17. The van der Waals surface area contributed by atoms with Crippen LogP contribution in [-0.2, 0) is 24.3 Å². The molecule has 4 aromatic carbocycles. The van der Waals surface area contributed by atoms with E-state index < -0.39 is 29.8 Å². The van der Waals surface area contributed by atoms with Gasteiger partial charge in [-0.15, -0.1) is 0 Å². The molecule has 14 heteroatoms. The summed E-state index contributed by atoms with van der Waals surface area (Å²) >= 11 is -3.01. The van der Waals surface area contributed by atoms with Gasteiger partial charge in [-0.2, -0.15) is 0 Å². The molecule has 6 aromatic rings. The van der Waals surface area contributed by atoms with Crippen LogP contribution in [0.4, 0.5) is 0 Å². The summed E-state index contributed by atoms with van der Waals surface area (Å²) in [5.41, 5.74) is 5.09. The zero-order valence-corrected chi connectivity index (χ0v) is 40.4. The third-order valence-corrected chi connectivity index (χ3v) is 17.5. The molecule has 0 aliphatic rings. The molecule has 0 saturated carbocycles. The van der Waals surface area contributed by atoms with Gasteiger partial charge in [0.05, 0.1) is 40.9 Å². The summed E-state index contributed by atoms with van der Waals surface area (Å²) in [4.78, 5) is 16.2. The van der Waals surface area contributed by atoms with Gasteiger partial charge in [0.25, 0.3) is 0 Å². The normalized spacial score (nSPS) is 15.2. The molecule has 2 N–H and O–H groups in total. The molecule has 332 valence electrons. The van der Waals surface area contributed by atoms with Crippen LogP contribution in [0.15, 0.2) is 97.1 Å². The van der Waals surface area contributed by atoms with Gasteiger partial charge in [0, 0.05) is 25.3 Å². The maximum absolute atomic E-state index is 7.17. The molecular weight excluding hydrogens is 816 g/mol. The van der Waals surface area contributed by atoms with Gasteiger partial charge in [0.15, 0.2) is 0 Å². The van der Waals surface area contributed by atoms with Crippen molar-refractivity contribution in [3.8, 4) is 34.3 Å². The molecule has 0 bridgehead atoms. The SMILES string of the molecule is CO[Si](OC)([O][Al]([O]CCOc1ccc(-c2nc3ccccc3[nH]2)cc1)[O]CCOc1ccc(-c2nc3ccccc3[nH]2)cc1)OC(C)(C(C)C(C)C(C)C)C(C)C(C)C(C)C. The molecule has 2 heterocycles. The fraction of sp³-hybridized carbons (Fsp3) is 0.458. The van der Waals surface area contributed by atoms with Crippen molar-refractivity contribution in [2.75, 3.05) is 40.6 Å². The Morgan fingerprint density at radius 2 is 0.968 bits per heavy atom. The summed E-state index contributed by atoms with van der Waals surface area (Å²) in [6.07, 6.45) is 0. The summed E-state index contributed by atoms with van der Waals surface area (Å²) in [6, 6.07) is 31.6. The summed E-state index contributed by atoms with van der Waals surface area (Å²) in [5, 5.41) is 0. The van der Waals surface area contributed by atoms with Crippen molar-refractivity contribution in [1.82, 2.24) is 19.9 Å². The predicted molar refractivity (Wildman–Crippen MR) is 248 cm³/mol. The summed E-state index contributed by atoms with van der Waals surface area (Å²) < 4.78 is 51.2. The smallest absolute Gasteiger partial charge is 0.491 e. The highest BCUT2D eigenvalue weighted by Gasteiger charge is 2.58. The number of imidazole rings is 2. The van der Waals surface area contributed by atoms with Crippen LogP contribution in [0, 0.1) is 35.5 Å². The molecule has 0 aliphatic heterocycles. The average Bonchev–Trinajstić information content (AvgIpc) is 3.93. The van der Waals surface area contributed by atoms with E-state index in [9.17, 15) is 0 Å². The van der Waals surface area contributed by atoms with E-state index in [0.717, 1.165) is 44.8 Å². The molecule has 62 heavy (non-hydrogen) atoms. The fourth-order valence-corrected chi connectivity index (χ4v) is 12.2. The Morgan fingerprint density at radius 3 is 1.34 bits per heavy atom. The van der Waals surface area contributed by atoms with Crippen LogP contribution < -0.4 is 9.47 Å². The number of rotatable bonds is 24. The lowest BCUT2D eigenvalue weighted by atomic mass is 9.66. The maximum Gasteiger partial charge on any atom is 0.899 e. The van der Waals surface area contributed by atoms with Crippen molar-refractivity contribution in [2.45, 2.75) is 67.9 Å². The van der Waals surface area contributed by atoms with Gasteiger partial charge in [-0.1, -0.05) is 79.7 Å². The molecule has 0 aliphatic carbocycles. The Labute approximate surface area is 373 Å². The number of H-pyrrole nitrogens is 2. The molecule has 0 spiro atoms. The third-order valence-electron chi connectivity index (χ3n) is 12.8. The summed E-state index contributed by atoms with van der Waals surface area (Å²) in [7, 11) is -0.718. The molecule has 6 rings (SSSR count). The second kappa shape index (κ2) is 21.5. The zero-order chi connectivity index (χ0) is 44.4. The Kier molecular flexibility index (Phi) is 16.5. The van der Waals surface area contributed by atoms with Crippen molar-refractivity contribution < 1.29 is 33.8 Å². The monoisotopic (exact) mass is 880 g/mol. The summed E-state index contributed by atoms with van der Waals surface area (Å²) in [5.74, 6) is 4.85. The average molecular weight is 881 g/mol. The number of para-hydroxylation sites is 4. The van der Waals surface area contributed by atoms with Gasteiger partial charge >= 0.3 is 24.2 Å². The van der Waals surface area contributed by atoms with Crippen LogP contribution in [0.3, 0.4) is 0 Å². The van der Waals surface area contributed by atoms with E-state index in [4.69, 9.17) is 43.8 Å². The second-order valence-corrected chi connectivity index (χ2v) is 21.3. The fourth-order valence-electron chi connectivity index (χ4n) is 7.79. The van der Waals surface area contributed by atoms with Crippen LogP contribution in [0.5, 0.6) is 11.5 Å². The van der Waals surface area contributed by atoms with E-state index in [1.54, 1.807) is 14.2 Å². The number of aromatic amines is 2. The first-order chi connectivity index (χ1) is 29.8. The minimum atomic E-state index is -3.87. The number of nitrogens with one attached hydrogen (secondary N) is 2. The number of hydrogen-bond acceptors (Lipinski definition) is 10. The van der Waals surface area contributed by atoms with Crippen LogP contribution in [0.25, 0.3) is 44.8 Å². The number of nitrogens with zero attached hydrogens (tertiary/aromatic N) is 2. The Balaban J connectivity index is 1.13. The first-order valence-electron chi connectivity index (χ1n) is 21.8. The summed E-state index contributed by atoms with van der Waals surface area (Å²) in [6.45, 7) is 21.2. The molecule has 0 fully saturated rings. The van der Waals surface area contributed by atoms with Gasteiger partial charge < -0.3 is 43.8 Å². The highest BCUT2D eigenvalue weighted by Crippen LogP contribution is 2.44. The highest BCUT2D eigenvalue weighted by molar-refractivity contribution is 6.62. The van der Waals surface area contributed by atoms with Crippen LogP contribution in [-0.4, -0.2) is 90.4 Å². The van der Waals surface area contributed by atoms with Gasteiger partial charge in [0.2, 0.25) is 0 Å². The Morgan fingerprint density at radius 1 is 0.565 bits per heavy atom. The van der Waals surface area contributed by atoms with E-state index in [2.05, 4.69) is 72.3 Å². The van der Waals surface area contributed by atoms with Crippen molar-refractivity contribution in [2.24, 2.45) is 35.5 Å². The van der Waals surface area contributed by atoms with Crippen LogP contribution in [0.2, 0.25) is 0 Å². The number of ether oxygens (including phenoxy) is 2. The van der Waals surface area contributed by atoms with Crippen molar-refractivity contribution in [3.05, 3.63) is 97.1 Å². The first kappa shape index (κ1) is 47.4. The van der Waals surface area contributed by atoms with Gasteiger partial charge in [-0.05, 0) is 115 Å². The topological polar surface area (TPSA) is 131 Å². The van der Waals surface area contributed by atoms with E-state index in [1.807, 2.05) is 97.1 Å². The van der Waals surface area contributed by atoms with Crippen molar-refractivity contribution in [3.63, 3.8) is 0 Å². The molecule has 0 amide bonds. The number of hydrogen-bond donors (Lipinski definition) is 2. The minimum Gasteiger partial charge on any atom is -0.491 e. The number of benzene rings is 4. The van der Waals surface area contributed by atoms with E-state index >= 15 is 0 Å². The van der Waals surface area contributed by atoms with Gasteiger partial charge in [0.1, 0.15) is 36.4 Å². The van der Waals surface area contributed by atoms with E-state index in [0.29, 0.717) is 35.2 Å². The van der Waals surface area contributed by atoms with E-state index in [1.165, 1.54) is 0 Å². The molecule has 0 saturated heterocycles. The van der Waals surface area contributed by atoms with Crippen molar-refractivity contribution >= 4 is 46.3 Å². The van der Waals surface area contributed by atoms with Gasteiger partial charge in [-0.3, -0.25) is 0 Å². The molecule has 4 unspecified atom stereocenters. The zero-order valence-electron chi connectivity index (χ0n) is 38.3. The lowest BCUT2D eigenvalue weighted by molar-refractivity contribution is -0.132. The number of aromatic nitrogens is 4. The van der Waals surface area contributed by atoms with E-state index in [-0.39, 0.29) is 38.3 Å². The molecule has 12 nitrogen and oxygen atoms in total. The molecule has 0 radical (unpaired) electrons. The molecule has 2 aromatic heterocycles. The number of fused-ring (bicyclic) bond motifs is 2. The standard InChI is InChI=1S/C18H39O4Si.2C15H13N2O2.Al/c1-12(2)14(5)16(7)18(9,17(8)15(6)13(3)4)22-23(19,20-10)21-11;2*18-9-10-19-12-7-5-11(6-8-12)15-16-13-3-1-2-4-14(13)17-15;/h12-17H,1-11H3;2*1-8H,9-10H2,(H,16,17);/q3*-1;+3. The Hall–Kier alpha value is -4.07. The lowest BCUT2D eigenvalue weighted by Crippen LogP contribution is -2.62. The van der Waals surface area contributed by atoms with Crippen LogP contribution >= 0.6 is 0 Å². The minimum absolute atomic E-state index is 0.139. The quantitative estimate of drug-likeness (QED) is 0.0447. The highest BCUT2D eigenvalue weighted by atomic mass is 28.4.